The minimum Gasteiger partial charge on any atom is -0.481 e. The molecule has 4 aromatic rings. The third-order valence-electron chi connectivity index (χ3n) is 9.39. The number of carboxylic acid groups (broad SMARTS) is 1. The van der Waals surface area contributed by atoms with Crippen LogP contribution >= 0.6 is 0 Å². The third kappa shape index (κ3) is 6.67. The molecule has 45 heavy (non-hydrogen) atoms. The molecular formula is C35H38FN3O5S. The maximum Gasteiger partial charge on any atom is 0.303 e. The van der Waals surface area contributed by atoms with Crippen LogP contribution in [0.4, 0.5) is 4.39 Å². The minimum atomic E-state index is -3.78. The predicted molar refractivity (Wildman–Crippen MR) is 170 cm³/mol. The van der Waals surface area contributed by atoms with Gasteiger partial charge in [0, 0.05) is 48.6 Å². The zero-order valence-corrected chi connectivity index (χ0v) is 26.1. The third-order valence-corrected chi connectivity index (χ3v) is 10.9. The highest BCUT2D eigenvalue weighted by Gasteiger charge is 2.36. The summed E-state index contributed by atoms with van der Waals surface area (Å²) in [5.74, 6) is -1.15. The molecule has 2 aliphatic rings. The van der Waals surface area contributed by atoms with E-state index in [2.05, 4.69) is 4.72 Å². The Kier molecular flexibility index (Phi) is 8.79. The zero-order valence-electron chi connectivity index (χ0n) is 25.3. The van der Waals surface area contributed by atoms with Gasteiger partial charge in [0.1, 0.15) is 5.82 Å². The molecule has 2 fully saturated rings. The summed E-state index contributed by atoms with van der Waals surface area (Å²) < 4.78 is 45.2. The standard InChI is InChI=1S/C35H38FN3O5S/c1-38-32(25-7-4-23(5-8-25)6-19-34(40)41)21-27-13-18-30(22-33(27)38)45(43,44)37-29-16-11-26(12-17-29)35(42)39-20-2-3-31(39)24-9-14-28(36)15-10-24/h4-5,7-10,13-15,18,21-22,26,29,31,37H,2-3,6,11-12,16-17,19-20H2,1H3,(H,40,41)/t26-,29-,31-/m0/s1. The molecule has 1 aromatic heterocycles. The molecule has 1 amide bonds. The van der Waals surface area contributed by atoms with E-state index >= 15 is 0 Å². The average molecular weight is 632 g/mol. The van der Waals surface area contributed by atoms with Crippen LogP contribution in [-0.2, 0) is 33.1 Å². The molecule has 3 aromatic carbocycles. The predicted octanol–water partition coefficient (Wildman–Crippen LogP) is 6.20. The number of fused-ring (bicyclic) bond motifs is 1. The first-order valence-corrected chi connectivity index (χ1v) is 17.1. The molecule has 0 radical (unpaired) electrons. The van der Waals surface area contributed by atoms with Crippen molar-refractivity contribution in [3.05, 3.63) is 89.7 Å². The lowest BCUT2D eigenvalue weighted by atomic mass is 9.85. The molecule has 1 aliphatic carbocycles. The van der Waals surface area contributed by atoms with Gasteiger partial charge in [-0.05, 0) is 92.0 Å². The molecule has 1 aliphatic heterocycles. The molecule has 1 saturated heterocycles. The zero-order chi connectivity index (χ0) is 31.7. The number of aromatic nitrogens is 1. The fraction of sp³-hybridized carbons (Fsp3) is 0.371. The summed E-state index contributed by atoms with van der Waals surface area (Å²) in [5, 5.41) is 9.86. The Morgan fingerprint density at radius 3 is 2.33 bits per heavy atom. The first-order chi connectivity index (χ1) is 21.6. The number of hydrogen-bond acceptors (Lipinski definition) is 4. The van der Waals surface area contributed by atoms with Gasteiger partial charge in [0.05, 0.1) is 10.9 Å². The summed E-state index contributed by atoms with van der Waals surface area (Å²) in [6, 6.07) is 21.0. The SMILES string of the molecule is Cn1c(-c2ccc(CCC(=O)O)cc2)cc2ccc(S(=O)(=O)N[C@H]3CC[C@H](C(=O)N4CCC[C@H]4c4ccc(F)cc4)CC3)cc21. The van der Waals surface area contributed by atoms with Crippen LogP contribution in [0.15, 0.2) is 77.7 Å². The summed E-state index contributed by atoms with van der Waals surface area (Å²) in [7, 11) is -1.88. The van der Waals surface area contributed by atoms with Crippen LogP contribution in [0.2, 0.25) is 0 Å². The molecule has 2 N–H and O–H groups in total. The first-order valence-electron chi connectivity index (χ1n) is 15.6. The van der Waals surface area contributed by atoms with E-state index in [9.17, 15) is 22.4 Å². The number of halogens is 1. The monoisotopic (exact) mass is 631 g/mol. The average Bonchev–Trinajstić information content (AvgIpc) is 3.65. The second-order valence-corrected chi connectivity index (χ2v) is 14.0. The van der Waals surface area contributed by atoms with Crippen molar-refractivity contribution in [1.82, 2.24) is 14.2 Å². The van der Waals surface area contributed by atoms with E-state index < -0.39 is 16.0 Å². The normalized spacial score (nSPS) is 20.5. The largest absolute Gasteiger partial charge is 0.481 e. The van der Waals surface area contributed by atoms with Crippen molar-refractivity contribution >= 4 is 32.8 Å². The van der Waals surface area contributed by atoms with E-state index in [0.29, 0.717) is 38.6 Å². The van der Waals surface area contributed by atoms with Crippen molar-refractivity contribution in [3.63, 3.8) is 0 Å². The van der Waals surface area contributed by atoms with Gasteiger partial charge in [-0.3, -0.25) is 9.59 Å². The summed E-state index contributed by atoms with van der Waals surface area (Å²) in [6.45, 7) is 0.689. The van der Waals surface area contributed by atoms with Crippen LogP contribution in [-0.4, -0.2) is 47.5 Å². The van der Waals surface area contributed by atoms with Crippen LogP contribution in [0.3, 0.4) is 0 Å². The Balaban J connectivity index is 1.09. The number of amides is 1. The molecule has 0 bridgehead atoms. The van der Waals surface area contributed by atoms with Gasteiger partial charge in [-0.15, -0.1) is 0 Å². The maximum atomic E-state index is 13.5. The van der Waals surface area contributed by atoms with Gasteiger partial charge in [0.2, 0.25) is 15.9 Å². The van der Waals surface area contributed by atoms with E-state index in [-0.39, 0.29) is 41.0 Å². The fourth-order valence-electron chi connectivity index (χ4n) is 6.89. The maximum absolute atomic E-state index is 13.5. The molecule has 1 atom stereocenters. The van der Waals surface area contributed by atoms with Crippen LogP contribution in [0.5, 0.6) is 0 Å². The van der Waals surface area contributed by atoms with Gasteiger partial charge in [-0.25, -0.2) is 17.5 Å². The molecule has 10 heteroatoms. The number of hydrogen-bond donors (Lipinski definition) is 2. The number of nitrogens with zero attached hydrogens (tertiary/aromatic N) is 2. The summed E-state index contributed by atoms with van der Waals surface area (Å²) in [5.41, 5.74) is 4.58. The highest BCUT2D eigenvalue weighted by Crippen LogP contribution is 2.36. The van der Waals surface area contributed by atoms with E-state index in [1.54, 1.807) is 24.3 Å². The van der Waals surface area contributed by atoms with E-state index in [0.717, 1.165) is 46.1 Å². The number of rotatable bonds is 9. The van der Waals surface area contributed by atoms with Gasteiger partial charge in [-0.2, -0.15) is 0 Å². The molecule has 2 heterocycles. The van der Waals surface area contributed by atoms with Crippen molar-refractivity contribution < 1.29 is 27.5 Å². The molecule has 1 saturated carbocycles. The number of carbonyl (C=O) groups excluding carboxylic acids is 1. The van der Waals surface area contributed by atoms with Gasteiger partial charge in [0.25, 0.3) is 0 Å². The fourth-order valence-corrected chi connectivity index (χ4v) is 8.21. The second kappa shape index (κ2) is 12.8. The second-order valence-electron chi connectivity index (χ2n) is 12.3. The van der Waals surface area contributed by atoms with Crippen LogP contribution < -0.4 is 4.72 Å². The lowest BCUT2D eigenvalue weighted by molar-refractivity contribution is -0.138. The molecule has 6 rings (SSSR count). The lowest BCUT2D eigenvalue weighted by Gasteiger charge is -2.33. The van der Waals surface area contributed by atoms with Crippen molar-refractivity contribution in [2.45, 2.75) is 68.3 Å². The van der Waals surface area contributed by atoms with Crippen LogP contribution in [0.25, 0.3) is 22.2 Å². The van der Waals surface area contributed by atoms with E-state index in [1.165, 1.54) is 12.1 Å². The number of carbonyl (C=O) groups is 2. The van der Waals surface area contributed by atoms with Gasteiger partial charge in [0.15, 0.2) is 0 Å². The highest BCUT2D eigenvalue weighted by molar-refractivity contribution is 7.89. The smallest absolute Gasteiger partial charge is 0.303 e. The molecule has 8 nitrogen and oxygen atoms in total. The quantitative estimate of drug-likeness (QED) is 0.229. The van der Waals surface area contributed by atoms with Crippen molar-refractivity contribution in [3.8, 4) is 11.3 Å². The Bertz CT molecular complexity index is 1810. The van der Waals surface area contributed by atoms with Crippen molar-refractivity contribution in [2.24, 2.45) is 13.0 Å². The molecule has 0 spiro atoms. The number of sulfonamides is 1. The van der Waals surface area contributed by atoms with Crippen LogP contribution in [0.1, 0.15) is 62.1 Å². The number of likely N-dealkylation sites (tertiary alicyclic amines) is 1. The Morgan fingerprint density at radius 2 is 1.64 bits per heavy atom. The van der Waals surface area contributed by atoms with Crippen LogP contribution in [0, 0.1) is 11.7 Å². The molecule has 0 unspecified atom stereocenters. The molecule has 236 valence electrons. The summed E-state index contributed by atoms with van der Waals surface area (Å²) in [4.78, 5) is 26.5. The number of nitrogens with one attached hydrogen (secondary N) is 1. The lowest BCUT2D eigenvalue weighted by Crippen LogP contribution is -2.42. The highest BCUT2D eigenvalue weighted by atomic mass is 32.2. The minimum absolute atomic E-state index is 0.0366. The molecular weight excluding hydrogens is 593 g/mol. The topological polar surface area (TPSA) is 109 Å². The summed E-state index contributed by atoms with van der Waals surface area (Å²) in [6.07, 6.45) is 4.73. The van der Waals surface area contributed by atoms with Gasteiger partial charge in [-0.1, -0.05) is 42.5 Å². The Hall–Kier alpha value is -4.02. The number of aliphatic carboxylic acids is 1. The van der Waals surface area contributed by atoms with Crippen molar-refractivity contribution in [2.75, 3.05) is 6.54 Å². The summed E-state index contributed by atoms with van der Waals surface area (Å²) >= 11 is 0. The number of benzene rings is 3. The van der Waals surface area contributed by atoms with Gasteiger partial charge >= 0.3 is 5.97 Å². The van der Waals surface area contributed by atoms with Crippen molar-refractivity contribution in [1.29, 1.82) is 0 Å². The number of aryl methyl sites for hydroxylation is 2. The van der Waals surface area contributed by atoms with E-state index in [1.807, 2.05) is 52.9 Å². The van der Waals surface area contributed by atoms with E-state index in [4.69, 9.17) is 5.11 Å². The number of carboxylic acids is 1. The Labute approximate surface area is 262 Å². The first kappa shape index (κ1) is 31.0. The van der Waals surface area contributed by atoms with Gasteiger partial charge < -0.3 is 14.6 Å². The Morgan fingerprint density at radius 1 is 0.933 bits per heavy atom.